The summed E-state index contributed by atoms with van der Waals surface area (Å²) in [7, 11) is 1.73. The second-order valence-corrected chi connectivity index (χ2v) is 12.3. The predicted molar refractivity (Wildman–Crippen MR) is 162 cm³/mol. The van der Waals surface area contributed by atoms with Gasteiger partial charge in [0.1, 0.15) is 17.9 Å². The maximum absolute atomic E-state index is 14.3. The molecule has 11 heteroatoms. The van der Waals surface area contributed by atoms with E-state index in [0.29, 0.717) is 24.3 Å². The maximum atomic E-state index is 14.3. The maximum Gasteiger partial charge on any atom is 0.282 e. The van der Waals surface area contributed by atoms with Crippen molar-refractivity contribution in [3.8, 4) is 11.6 Å². The van der Waals surface area contributed by atoms with E-state index in [1.54, 1.807) is 12.0 Å². The molecule has 3 heterocycles. The number of nitrogens with one attached hydrogen (secondary N) is 1. The van der Waals surface area contributed by atoms with Crippen LogP contribution in [0.2, 0.25) is 0 Å². The Balaban J connectivity index is 1.42. The van der Waals surface area contributed by atoms with Crippen molar-refractivity contribution in [2.75, 3.05) is 64.4 Å². The highest BCUT2D eigenvalue weighted by atomic mass is 19.1. The van der Waals surface area contributed by atoms with Gasteiger partial charge in [0.15, 0.2) is 5.82 Å². The Bertz CT molecular complexity index is 1170. The quantitative estimate of drug-likeness (QED) is 0.308. The third kappa shape index (κ3) is 7.54. The van der Waals surface area contributed by atoms with E-state index >= 15 is 0 Å². The minimum Gasteiger partial charge on any atom is -0.434 e. The fourth-order valence-electron chi connectivity index (χ4n) is 6.40. The zero-order chi connectivity index (χ0) is 30.3. The summed E-state index contributed by atoms with van der Waals surface area (Å²) in [5.41, 5.74) is 0.366. The highest BCUT2D eigenvalue weighted by molar-refractivity contribution is 5.97. The topological polar surface area (TPSA) is 96.0 Å². The van der Waals surface area contributed by atoms with Crippen molar-refractivity contribution in [1.82, 2.24) is 30.3 Å². The number of carbonyl (C=O) groups excluding carboxylic acids is 1. The van der Waals surface area contributed by atoms with Gasteiger partial charge in [0.05, 0.1) is 12.2 Å². The molecule has 1 atom stereocenters. The number of hydrogen-bond donors (Lipinski definition) is 1. The third-order valence-electron chi connectivity index (χ3n) is 8.56. The molecule has 2 aliphatic rings. The number of hydrogen-bond acceptors (Lipinski definition) is 9. The number of rotatable bonds is 15. The fraction of sp³-hybridized carbons (Fsp3) is 0.677. The summed E-state index contributed by atoms with van der Waals surface area (Å²) in [4.78, 5) is 24.4. The Morgan fingerprint density at radius 2 is 1.98 bits per heavy atom. The lowest BCUT2D eigenvalue weighted by molar-refractivity contribution is -0.0339. The van der Waals surface area contributed by atoms with Gasteiger partial charge in [0.25, 0.3) is 11.8 Å². The van der Waals surface area contributed by atoms with E-state index in [2.05, 4.69) is 44.1 Å². The van der Waals surface area contributed by atoms with Crippen molar-refractivity contribution < 1.29 is 18.7 Å². The van der Waals surface area contributed by atoms with Gasteiger partial charge in [-0.15, -0.1) is 10.2 Å². The van der Waals surface area contributed by atoms with Crippen LogP contribution in [0.15, 0.2) is 24.5 Å². The van der Waals surface area contributed by atoms with Crippen LogP contribution in [0.25, 0.3) is 0 Å². The van der Waals surface area contributed by atoms with E-state index in [1.165, 1.54) is 30.9 Å². The first-order valence-corrected chi connectivity index (χ1v) is 15.3. The summed E-state index contributed by atoms with van der Waals surface area (Å²) in [5, 5.41) is 11.7. The molecule has 1 aromatic carbocycles. The van der Waals surface area contributed by atoms with Crippen LogP contribution in [0.1, 0.15) is 64.2 Å². The van der Waals surface area contributed by atoms with Crippen LogP contribution in [-0.2, 0) is 4.74 Å². The van der Waals surface area contributed by atoms with Gasteiger partial charge in [-0.2, -0.15) is 0 Å². The smallest absolute Gasteiger partial charge is 0.282 e. The number of aromatic nitrogens is 3. The molecule has 0 aliphatic carbocycles. The normalized spacial score (nSPS) is 17.2. The van der Waals surface area contributed by atoms with Crippen LogP contribution in [0.3, 0.4) is 0 Å². The molecule has 42 heavy (non-hydrogen) atoms. The second-order valence-electron chi connectivity index (χ2n) is 12.3. The molecule has 0 saturated carbocycles. The Labute approximate surface area is 250 Å². The number of ether oxygens (including phenoxy) is 2. The summed E-state index contributed by atoms with van der Waals surface area (Å²) >= 11 is 0. The van der Waals surface area contributed by atoms with E-state index in [9.17, 15) is 9.18 Å². The van der Waals surface area contributed by atoms with Crippen molar-refractivity contribution >= 4 is 11.7 Å². The average molecular weight is 586 g/mol. The molecule has 2 fully saturated rings. The van der Waals surface area contributed by atoms with Gasteiger partial charge in [-0.1, -0.05) is 13.8 Å². The lowest BCUT2D eigenvalue weighted by Crippen LogP contribution is -2.62. The first-order valence-electron chi connectivity index (χ1n) is 15.3. The van der Waals surface area contributed by atoms with Gasteiger partial charge in [-0.05, 0) is 70.7 Å². The number of likely N-dealkylation sites (tertiary alicyclic amines) is 1. The number of benzene rings is 1. The molecule has 0 bridgehead atoms. The van der Waals surface area contributed by atoms with Crippen LogP contribution in [0, 0.1) is 17.2 Å². The van der Waals surface area contributed by atoms with Crippen LogP contribution in [-0.4, -0.2) is 103 Å². The van der Waals surface area contributed by atoms with Gasteiger partial charge in [-0.25, -0.2) is 9.37 Å². The minimum absolute atomic E-state index is 0.0388. The number of amides is 1. The van der Waals surface area contributed by atoms with Crippen molar-refractivity contribution in [2.45, 2.75) is 66.0 Å². The molecule has 0 radical (unpaired) electrons. The number of nitrogens with zero attached hydrogens (tertiary/aromatic N) is 6. The number of anilines is 1. The molecule has 2 aromatic rings. The monoisotopic (exact) mass is 585 g/mol. The van der Waals surface area contributed by atoms with Crippen LogP contribution >= 0.6 is 0 Å². The molecule has 232 valence electrons. The summed E-state index contributed by atoms with van der Waals surface area (Å²) in [5.74, 6) is 0.865. The minimum atomic E-state index is -0.499. The van der Waals surface area contributed by atoms with E-state index in [-0.39, 0.29) is 34.6 Å². The predicted octanol–water partition coefficient (Wildman–Crippen LogP) is 4.23. The zero-order valence-electron chi connectivity index (χ0n) is 26.1. The fourth-order valence-corrected chi connectivity index (χ4v) is 6.40. The van der Waals surface area contributed by atoms with Crippen molar-refractivity contribution in [3.63, 3.8) is 0 Å². The van der Waals surface area contributed by atoms with Crippen molar-refractivity contribution in [3.05, 3.63) is 35.9 Å². The molecule has 10 nitrogen and oxygen atoms in total. The molecule has 1 spiro atoms. The van der Waals surface area contributed by atoms with Gasteiger partial charge in [-0.3, -0.25) is 9.69 Å². The van der Waals surface area contributed by atoms with Gasteiger partial charge in [0, 0.05) is 63.9 Å². The Morgan fingerprint density at radius 3 is 2.67 bits per heavy atom. The van der Waals surface area contributed by atoms with E-state index in [0.717, 1.165) is 58.7 Å². The van der Waals surface area contributed by atoms with Crippen LogP contribution < -0.4 is 15.0 Å². The summed E-state index contributed by atoms with van der Waals surface area (Å²) in [6, 6.07) is 4.51. The lowest BCUT2D eigenvalue weighted by atomic mass is 9.76. The molecule has 2 saturated heterocycles. The third-order valence-corrected chi connectivity index (χ3v) is 8.56. The first-order chi connectivity index (χ1) is 20.2. The number of carbonyl (C=O) groups is 1. The van der Waals surface area contributed by atoms with E-state index in [4.69, 9.17) is 9.47 Å². The SMILES string of the molecule is CCN(C(=O)c1cc(F)ccc1Oc1nncnc1N1CCC2(C1)CN([C@H](CCCNCCOC)C(C)C)C2)C(C)C. The molecule has 1 N–H and O–H groups in total. The standard InChI is InChI=1S/C31H48FN7O3/c1-7-39(23(4)5)30(40)25-17-24(32)10-11-27(25)42-29-28(34-21-35-36-29)37-15-12-31(18-37)19-38(20-31)26(22(2)3)9-8-13-33-14-16-41-6/h10-11,17,21-23,26,33H,7-9,12-16,18-20H2,1-6H3/t26-/m1/s1. The Hall–Kier alpha value is -2.89. The van der Waals surface area contributed by atoms with Gasteiger partial charge >= 0.3 is 0 Å². The highest BCUT2D eigenvalue weighted by Crippen LogP contribution is 2.44. The van der Waals surface area contributed by atoms with E-state index < -0.39 is 5.82 Å². The first kappa shape index (κ1) is 32.0. The van der Waals surface area contributed by atoms with Gasteiger partial charge in [0.2, 0.25) is 0 Å². The van der Waals surface area contributed by atoms with Crippen molar-refractivity contribution in [2.24, 2.45) is 11.3 Å². The van der Waals surface area contributed by atoms with Crippen LogP contribution in [0.4, 0.5) is 10.2 Å². The lowest BCUT2D eigenvalue weighted by Gasteiger charge is -2.53. The molecule has 0 unspecified atom stereocenters. The Kier molecular flexibility index (Phi) is 11.1. The zero-order valence-corrected chi connectivity index (χ0v) is 26.1. The van der Waals surface area contributed by atoms with Crippen molar-refractivity contribution in [1.29, 1.82) is 0 Å². The second kappa shape index (κ2) is 14.5. The summed E-state index contributed by atoms with van der Waals surface area (Å²) in [6.45, 7) is 17.4. The molecule has 2 aliphatic heterocycles. The van der Waals surface area contributed by atoms with E-state index in [1.807, 2.05) is 20.8 Å². The molecule has 1 aromatic heterocycles. The summed E-state index contributed by atoms with van der Waals surface area (Å²) in [6.07, 6.45) is 4.81. The largest absolute Gasteiger partial charge is 0.434 e. The molecule has 4 rings (SSSR count). The molecular weight excluding hydrogens is 537 g/mol. The molecule has 1 amide bonds. The number of halogens is 1. The van der Waals surface area contributed by atoms with Crippen LogP contribution in [0.5, 0.6) is 11.6 Å². The summed E-state index contributed by atoms with van der Waals surface area (Å²) < 4.78 is 25.6. The number of methoxy groups -OCH3 is 1. The molecular formula is C31H48FN7O3. The highest BCUT2D eigenvalue weighted by Gasteiger charge is 2.50. The Morgan fingerprint density at radius 1 is 1.19 bits per heavy atom. The van der Waals surface area contributed by atoms with Gasteiger partial charge < -0.3 is 24.6 Å². The average Bonchev–Trinajstić information content (AvgIpc) is 3.39.